The second-order valence-electron chi connectivity index (χ2n) is 9.97. The van der Waals surface area contributed by atoms with Crippen molar-refractivity contribution in [1.29, 1.82) is 0 Å². The van der Waals surface area contributed by atoms with E-state index in [1.807, 2.05) is 24.5 Å². The van der Waals surface area contributed by atoms with Gasteiger partial charge in [0.15, 0.2) is 0 Å². The number of aromatic nitrogens is 2. The van der Waals surface area contributed by atoms with E-state index in [9.17, 15) is 19.2 Å². The molecule has 4 aliphatic heterocycles. The van der Waals surface area contributed by atoms with Crippen molar-refractivity contribution in [3.05, 3.63) is 47.8 Å². The van der Waals surface area contributed by atoms with Crippen LogP contribution >= 0.6 is 0 Å². The molecule has 3 fully saturated rings. The Bertz CT molecular complexity index is 1180. The molecule has 0 saturated carbocycles. The van der Waals surface area contributed by atoms with E-state index < -0.39 is 23.8 Å². The molecule has 1 unspecified atom stereocenters. The average Bonchev–Trinajstić information content (AvgIpc) is 3.45. The number of rotatable bonds is 5. The Morgan fingerprint density at radius 2 is 1.74 bits per heavy atom. The van der Waals surface area contributed by atoms with Crippen molar-refractivity contribution in [2.75, 3.05) is 37.6 Å². The Balaban J connectivity index is 1.05. The minimum Gasteiger partial charge on any atom is -0.371 e. The lowest BCUT2D eigenvalue weighted by Crippen LogP contribution is -2.54. The first-order valence-corrected chi connectivity index (χ1v) is 12.3. The van der Waals surface area contributed by atoms with E-state index in [0.717, 1.165) is 56.2 Å². The summed E-state index contributed by atoms with van der Waals surface area (Å²) in [4.78, 5) is 55.4. The molecule has 0 radical (unpaired) electrons. The second kappa shape index (κ2) is 8.60. The molecule has 1 N–H and O–H groups in total. The molecular weight excluding hydrogens is 448 g/mol. The molecular formula is C25H28N6O4. The normalized spacial score (nSPS) is 24.1. The summed E-state index contributed by atoms with van der Waals surface area (Å²) in [5, 5.41) is 6.61. The summed E-state index contributed by atoms with van der Waals surface area (Å²) in [6, 6.07) is 6.87. The van der Waals surface area contributed by atoms with Crippen LogP contribution in [0.4, 0.5) is 5.69 Å². The van der Waals surface area contributed by atoms with Gasteiger partial charge in [-0.3, -0.25) is 34.1 Å². The van der Waals surface area contributed by atoms with Crippen LogP contribution in [0.3, 0.4) is 0 Å². The lowest BCUT2D eigenvalue weighted by atomic mass is 9.95. The van der Waals surface area contributed by atoms with Gasteiger partial charge < -0.3 is 9.80 Å². The molecule has 3 saturated heterocycles. The highest BCUT2D eigenvalue weighted by Gasteiger charge is 2.45. The fraction of sp³-hybridized carbons (Fsp3) is 0.480. The summed E-state index contributed by atoms with van der Waals surface area (Å²) in [5.74, 6) is -1.32. The van der Waals surface area contributed by atoms with E-state index in [4.69, 9.17) is 0 Å². The van der Waals surface area contributed by atoms with Gasteiger partial charge in [0.05, 0.1) is 17.2 Å². The van der Waals surface area contributed by atoms with Gasteiger partial charge in [-0.05, 0) is 43.5 Å². The second-order valence-corrected chi connectivity index (χ2v) is 9.97. The standard InChI is InChI=1S/C25H28N6O4/c32-22-5-4-21(23(33)27-22)31-24(34)19-3-2-18(12-20(19)25(31)35)29-14-16(15-29)13-28-10-6-17(7-11-28)30-9-1-8-26-30/h1-3,8-9,12,16-17,21H,4-7,10-11,13-15H2,(H,27,32,33). The van der Waals surface area contributed by atoms with Gasteiger partial charge in [0.1, 0.15) is 6.04 Å². The van der Waals surface area contributed by atoms with Crippen LogP contribution in [-0.2, 0) is 9.59 Å². The van der Waals surface area contributed by atoms with E-state index in [0.29, 0.717) is 23.1 Å². The minimum absolute atomic E-state index is 0.116. The van der Waals surface area contributed by atoms with Crippen molar-refractivity contribution in [1.82, 2.24) is 24.9 Å². The molecule has 35 heavy (non-hydrogen) atoms. The van der Waals surface area contributed by atoms with E-state index in [1.54, 1.807) is 12.1 Å². The highest BCUT2D eigenvalue weighted by Crippen LogP contribution is 2.33. The Hall–Kier alpha value is -3.53. The quantitative estimate of drug-likeness (QED) is 0.643. The summed E-state index contributed by atoms with van der Waals surface area (Å²) >= 11 is 0. The van der Waals surface area contributed by atoms with Crippen LogP contribution in [0.2, 0.25) is 0 Å². The number of carbonyl (C=O) groups excluding carboxylic acids is 4. The third kappa shape index (κ3) is 3.91. The molecule has 0 bridgehead atoms. The lowest BCUT2D eigenvalue weighted by molar-refractivity contribution is -0.136. The van der Waals surface area contributed by atoms with Crippen LogP contribution in [0.15, 0.2) is 36.7 Å². The largest absolute Gasteiger partial charge is 0.371 e. The molecule has 1 atom stereocenters. The fourth-order valence-corrected chi connectivity index (χ4v) is 5.78. The number of hydrogen-bond donors (Lipinski definition) is 1. The monoisotopic (exact) mass is 476 g/mol. The first-order valence-electron chi connectivity index (χ1n) is 12.3. The van der Waals surface area contributed by atoms with Crippen molar-refractivity contribution >= 4 is 29.3 Å². The Morgan fingerprint density at radius 3 is 2.46 bits per heavy atom. The van der Waals surface area contributed by atoms with E-state index in [1.165, 1.54) is 0 Å². The third-order valence-corrected chi connectivity index (χ3v) is 7.72. The van der Waals surface area contributed by atoms with Crippen LogP contribution in [0.5, 0.6) is 0 Å². The van der Waals surface area contributed by atoms with Gasteiger partial charge in [0.25, 0.3) is 11.8 Å². The average molecular weight is 477 g/mol. The zero-order chi connectivity index (χ0) is 24.1. The smallest absolute Gasteiger partial charge is 0.262 e. The van der Waals surface area contributed by atoms with Crippen molar-refractivity contribution in [3.8, 4) is 0 Å². The summed E-state index contributed by atoms with van der Waals surface area (Å²) in [5.41, 5.74) is 1.57. The van der Waals surface area contributed by atoms with Crippen molar-refractivity contribution in [2.45, 2.75) is 37.8 Å². The molecule has 0 spiro atoms. The summed E-state index contributed by atoms with van der Waals surface area (Å²) in [6.07, 6.45) is 6.39. The number of nitrogens with zero attached hydrogens (tertiary/aromatic N) is 5. The summed E-state index contributed by atoms with van der Waals surface area (Å²) in [7, 11) is 0. The maximum Gasteiger partial charge on any atom is 0.262 e. The topological polar surface area (TPSA) is 108 Å². The van der Waals surface area contributed by atoms with Crippen molar-refractivity contribution < 1.29 is 19.2 Å². The first-order chi connectivity index (χ1) is 17.0. The molecule has 4 aliphatic rings. The predicted molar refractivity (Wildman–Crippen MR) is 126 cm³/mol. The maximum absolute atomic E-state index is 13.1. The lowest BCUT2D eigenvalue weighted by Gasteiger charge is -2.44. The molecule has 2 aromatic rings. The van der Waals surface area contributed by atoms with Crippen LogP contribution < -0.4 is 10.2 Å². The Morgan fingerprint density at radius 1 is 0.971 bits per heavy atom. The Labute approximate surface area is 202 Å². The highest BCUT2D eigenvalue weighted by molar-refractivity contribution is 6.23. The Kier molecular flexibility index (Phi) is 5.40. The summed E-state index contributed by atoms with van der Waals surface area (Å²) < 4.78 is 2.07. The van der Waals surface area contributed by atoms with Crippen LogP contribution in [-0.4, -0.2) is 82.0 Å². The van der Waals surface area contributed by atoms with Gasteiger partial charge >= 0.3 is 0 Å². The van der Waals surface area contributed by atoms with Crippen LogP contribution in [0.25, 0.3) is 0 Å². The predicted octanol–water partition coefficient (Wildman–Crippen LogP) is 1.06. The number of fused-ring (bicyclic) bond motifs is 1. The third-order valence-electron chi connectivity index (χ3n) is 7.72. The molecule has 10 nitrogen and oxygen atoms in total. The molecule has 6 rings (SSSR count). The van der Waals surface area contributed by atoms with Crippen LogP contribution in [0, 0.1) is 5.92 Å². The number of hydrogen-bond acceptors (Lipinski definition) is 7. The van der Waals surface area contributed by atoms with Gasteiger partial charge in [-0.25, -0.2) is 0 Å². The molecule has 5 heterocycles. The van der Waals surface area contributed by atoms with E-state index in [2.05, 4.69) is 24.9 Å². The highest BCUT2D eigenvalue weighted by atomic mass is 16.2. The molecule has 1 aromatic carbocycles. The number of carbonyl (C=O) groups is 4. The van der Waals surface area contributed by atoms with Gasteiger partial charge in [0, 0.05) is 63.1 Å². The molecule has 1 aromatic heterocycles. The number of nitrogens with one attached hydrogen (secondary N) is 1. The molecule has 182 valence electrons. The van der Waals surface area contributed by atoms with Gasteiger partial charge in [-0.2, -0.15) is 5.10 Å². The van der Waals surface area contributed by atoms with Crippen molar-refractivity contribution in [3.63, 3.8) is 0 Å². The fourth-order valence-electron chi connectivity index (χ4n) is 5.78. The van der Waals surface area contributed by atoms with Crippen molar-refractivity contribution in [2.24, 2.45) is 5.92 Å². The maximum atomic E-state index is 13.1. The first kappa shape index (κ1) is 22.0. The number of benzene rings is 1. The number of likely N-dealkylation sites (tertiary alicyclic amines) is 1. The number of piperidine rings is 2. The zero-order valence-electron chi connectivity index (χ0n) is 19.4. The zero-order valence-corrected chi connectivity index (χ0v) is 19.4. The minimum atomic E-state index is -0.936. The number of anilines is 1. The van der Waals surface area contributed by atoms with E-state index in [-0.39, 0.29) is 18.7 Å². The summed E-state index contributed by atoms with van der Waals surface area (Å²) in [6.45, 7) is 5.04. The van der Waals surface area contributed by atoms with Gasteiger partial charge in [-0.1, -0.05) is 0 Å². The van der Waals surface area contributed by atoms with Gasteiger partial charge in [-0.15, -0.1) is 0 Å². The van der Waals surface area contributed by atoms with Crippen LogP contribution in [0.1, 0.15) is 52.4 Å². The van der Waals surface area contributed by atoms with Gasteiger partial charge in [0.2, 0.25) is 11.8 Å². The molecule has 4 amide bonds. The van der Waals surface area contributed by atoms with E-state index >= 15 is 0 Å². The number of imide groups is 2. The molecule has 10 heteroatoms. The SMILES string of the molecule is O=C1CCC(N2C(=O)c3ccc(N4CC(CN5CCC(n6cccn6)CC5)C4)cc3C2=O)C(=O)N1. The number of amides is 4. The molecule has 0 aliphatic carbocycles.